The lowest BCUT2D eigenvalue weighted by Gasteiger charge is -2.33. The van der Waals surface area contributed by atoms with Crippen LogP contribution in [0.15, 0.2) is 56.9 Å². The van der Waals surface area contributed by atoms with Gasteiger partial charge in [0.2, 0.25) is 0 Å². The van der Waals surface area contributed by atoms with Gasteiger partial charge in [-0.1, -0.05) is 67.2 Å². The summed E-state index contributed by atoms with van der Waals surface area (Å²) >= 11 is 23.9. The Hall–Kier alpha value is -2.48. The van der Waals surface area contributed by atoms with Gasteiger partial charge in [0.25, 0.3) is 11.8 Å². The Morgan fingerprint density at radius 3 is 1.56 bits per heavy atom. The van der Waals surface area contributed by atoms with E-state index in [-0.39, 0.29) is 41.1 Å². The molecule has 2 aromatic rings. The van der Waals surface area contributed by atoms with Crippen LogP contribution in [0.1, 0.15) is 51.7 Å². The van der Waals surface area contributed by atoms with Crippen molar-refractivity contribution < 1.29 is 41.4 Å². The van der Waals surface area contributed by atoms with Crippen LogP contribution in [0.25, 0.3) is 11.1 Å². The molecule has 2 heterocycles. The van der Waals surface area contributed by atoms with E-state index in [2.05, 4.69) is 42.5 Å². The lowest BCUT2D eigenvalue weighted by molar-refractivity contribution is -0.118. The van der Waals surface area contributed by atoms with Crippen molar-refractivity contribution in [3.05, 3.63) is 78.0 Å². The van der Waals surface area contributed by atoms with Gasteiger partial charge in [-0.05, 0) is 63.6 Å². The monoisotopic (exact) mass is 871 g/mol. The predicted molar refractivity (Wildman–Crippen MR) is 194 cm³/mol. The van der Waals surface area contributed by atoms with Gasteiger partial charge in [0.1, 0.15) is 11.5 Å². The third-order valence-corrected chi connectivity index (χ3v) is 8.42. The number of hydrogen-bond donors (Lipinski definition) is 3. The maximum absolute atomic E-state index is 12.6. The minimum atomic E-state index is -0.531. The third kappa shape index (κ3) is 12.4. The van der Waals surface area contributed by atoms with E-state index in [0.717, 1.165) is 8.95 Å². The summed E-state index contributed by atoms with van der Waals surface area (Å²) in [7, 11) is 6.36. The quantitative estimate of drug-likeness (QED) is 0.281. The molecule has 0 aliphatic carbocycles. The van der Waals surface area contributed by atoms with Gasteiger partial charge >= 0.3 is 11.5 Å². The molecule has 10 nitrogen and oxygen atoms in total. The average Bonchev–Trinajstić information content (AvgIpc) is 2.89. The first-order valence-electron chi connectivity index (χ1n) is 14.0. The van der Waals surface area contributed by atoms with Crippen LogP contribution in [0.4, 0.5) is 9.59 Å². The van der Waals surface area contributed by atoms with Gasteiger partial charge in [0.05, 0.1) is 11.1 Å². The molecule has 3 N–H and O–H groups in total. The molecule has 48 heavy (non-hydrogen) atoms. The summed E-state index contributed by atoms with van der Waals surface area (Å²) in [5, 5.41) is 16.2. The molecule has 0 atom stereocenters. The molecular weight excluding hydrogens is 838 g/mol. The molecule has 0 aromatic heterocycles. The summed E-state index contributed by atoms with van der Waals surface area (Å²) in [6.45, 7) is 7.46. The van der Waals surface area contributed by atoms with E-state index in [4.69, 9.17) is 39.5 Å². The van der Waals surface area contributed by atoms with Crippen molar-refractivity contribution in [1.82, 2.24) is 20.4 Å². The van der Waals surface area contributed by atoms with Crippen molar-refractivity contribution in [3.8, 4) is 0 Å². The molecule has 264 valence electrons. The van der Waals surface area contributed by atoms with Gasteiger partial charge in [-0.3, -0.25) is 14.4 Å². The second-order valence-corrected chi connectivity index (χ2v) is 15.3. The molecule has 0 saturated heterocycles. The Balaban J connectivity index is 0.000000411. The summed E-state index contributed by atoms with van der Waals surface area (Å²) in [5.41, 5.74) is 0.676. The SMILES string of the molecule is CC1(C)CC(O)=C(c2ccc(Br)cc2Cl)C(=O)N1.CN(C)C(=O)Cl.CN(C)C(=O)OC1=C(c2ccc(Br)cc2Cl)C(=O)NC(C)(C)C1.[Cl-]. The topological polar surface area (TPSA) is 128 Å². The standard InChI is InChI=1S/C16H18BrClN2O3.C13H13BrClNO2.C3H6ClNO.ClH/c1-16(2)8-12(23-15(22)20(3)4)13(14(21)19-16)10-6-5-9(17)7-11(10)18;1-13(2)6-10(17)11(12(18)16-13)8-4-3-7(14)5-9(8)15;1-5(2)3(4)6;/h5-7H,8H2,1-4H3,(H,19,21);3-5,17H,6H2,1-2H3,(H,16,18);1-2H3;1H/p-1. The van der Waals surface area contributed by atoms with Gasteiger partial charge in [0.15, 0.2) is 0 Å². The molecule has 4 rings (SSSR count). The molecule has 0 saturated carbocycles. The van der Waals surface area contributed by atoms with Crippen LogP contribution in [-0.2, 0) is 14.3 Å². The van der Waals surface area contributed by atoms with E-state index < -0.39 is 22.5 Å². The second-order valence-electron chi connectivity index (χ2n) is 12.3. The highest BCUT2D eigenvalue weighted by Crippen LogP contribution is 2.36. The average molecular weight is 875 g/mol. The molecule has 2 aliphatic rings. The van der Waals surface area contributed by atoms with Crippen LogP contribution in [0, 0.1) is 0 Å². The van der Waals surface area contributed by atoms with E-state index in [0.29, 0.717) is 39.8 Å². The van der Waals surface area contributed by atoms with Crippen LogP contribution < -0.4 is 23.0 Å². The first-order valence-corrected chi connectivity index (χ1v) is 16.7. The maximum atomic E-state index is 12.6. The third-order valence-electron chi connectivity index (χ3n) is 6.47. The largest absolute Gasteiger partial charge is 1.00 e. The number of hydrogen-bond acceptors (Lipinski definition) is 6. The fraction of sp³-hybridized carbons (Fsp3) is 0.375. The van der Waals surface area contributed by atoms with Gasteiger partial charge in [-0.15, -0.1) is 0 Å². The number of nitrogens with one attached hydrogen (secondary N) is 2. The van der Waals surface area contributed by atoms with Crippen LogP contribution in [-0.4, -0.2) is 77.4 Å². The number of nitrogens with zero attached hydrogens (tertiary/aromatic N) is 2. The zero-order valence-corrected chi connectivity index (χ0v) is 33.7. The number of benzene rings is 2. The summed E-state index contributed by atoms with van der Waals surface area (Å²) in [4.78, 5) is 49.0. The normalized spacial score (nSPS) is 16.1. The highest BCUT2D eigenvalue weighted by Gasteiger charge is 2.36. The first-order chi connectivity index (χ1) is 21.5. The van der Waals surface area contributed by atoms with Crippen molar-refractivity contribution in [2.75, 3.05) is 28.2 Å². The highest BCUT2D eigenvalue weighted by molar-refractivity contribution is 9.10. The number of amides is 4. The Bertz CT molecular complexity index is 1630. The van der Waals surface area contributed by atoms with Crippen molar-refractivity contribution >= 4 is 101 Å². The van der Waals surface area contributed by atoms with Crippen molar-refractivity contribution in [2.24, 2.45) is 0 Å². The van der Waals surface area contributed by atoms with E-state index in [1.54, 1.807) is 64.6 Å². The fourth-order valence-corrected chi connectivity index (χ4v) is 5.84. The molecule has 2 aliphatic heterocycles. The minimum absolute atomic E-state index is 0. The summed E-state index contributed by atoms with van der Waals surface area (Å²) in [6.07, 6.45) is 0.247. The number of aliphatic hydroxyl groups is 1. The minimum Gasteiger partial charge on any atom is -1.00 e. The van der Waals surface area contributed by atoms with E-state index in [9.17, 15) is 24.3 Å². The second kappa shape index (κ2) is 18.0. The summed E-state index contributed by atoms with van der Waals surface area (Å²) in [5.74, 6) is -0.213. The fourth-order valence-electron chi connectivity index (χ4n) is 4.30. The lowest BCUT2D eigenvalue weighted by atomic mass is 9.89. The van der Waals surface area contributed by atoms with E-state index in [1.807, 2.05) is 27.7 Å². The molecule has 0 spiro atoms. The molecule has 4 amide bonds. The molecule has 0 unspecified atom stereocenters. The van der Waals surface area contributed by atoms with Crippen molar-refractivity contribution in [2.45, 2.75) is 51.6 Å². The molecule has 0 bridgehead atoms. The Kier molecular flexibility index (Phi) is 16.3. The van der Waals surface area contributed by atoms with Crippen LogP contribution in [0.3, 0.4) is 0 Å². The lowest BCUT2D eigenvalue weighted by Crippen LogP contribution is -3.00. The number of rotatable bonds is 3. The Morgan fingerprint density at radius 2 is 1.19 bits per heavy atom. The Morgan fingerprint density at radius 1 is 0.792 bits per heavy atom. The number of halogens is 6. The summed E-state index contributed by atoms with van der Waals surface area (Å²) in [6, 6.07) is 10.4. The number of carbonyl (C=O) groups is 4. The number of aliphatic hydroxyl groups excluding tert-OH is 1. The number of carbonyl (C=O) groups excluding carboxylic acids is 4. The van der Waals surface area contributed by atoms with Crippen LogP contribution in [0.2, 0.25) is 10.0 Å². The molecule has 2 aromatic carbocycles. The van der Waals surface area contributed by atoms with Crippen molar-refractivity contribution in [1.29, 1.82) is 0 Å². The zero-order chi connectivity index (χ0) is 36.0. The predicted octanol–water partition coefficient (Wildman–Crippen LogP) is 5.39. The van der Waals surface area contributed by atoms with Crippen LogP contribution in [0.5, 0.6) is 0 Å². The summed E-state index contributed by atoms with van der Waals surface area (Å²) < 4.78 is 7.07. The van der Waals surface area contributed by atoms with E-state index in [1.165, 1.54) is 9.80 Å². The van der Waals surface area contributed by atoms with Gasteiger partial charge in [-0.25, -0.2) is 4.79 Å². The van der Waals surface area contributed by atoms with Crippen molar-refractivity contribution in [3.63, 3.8) is 0 Å². The highest BCUT2D eigenvalue weighted by atomic mass is 79.9. The smallest absolute Gasteiger partial charge is 0.414 e. The van der Waals surface area contributed by atoms with Gasteiger partial charge in [-0.2, -0.15) is 0 Å². The van der Waals surface area contributed by atoms with E-state index >= 15 is 0 Å². The first kappa shape index (κ1) is 43.5. The molecular formula is C32H37Br2Cl4N4O6-. The molecule has 0 fully saturated rings. The number of ether oxygens (including phenoxy) is 1. The molecule has 16 heteroatoms. The maximum Gasteiger partial charge on any atom is 0.414 e. The van der Waals surface area contributed by atoms with Gasteiger partial charge < -0.3 is 42.7 Å². The zero-order valence-electron chi connectivity index (χ0n) is 27.5. The van der Waals surface area contributed by atoms with Crippen LogP contribution >= 0.6 is 66.7 Å². The Labute approximate surface area is 318 Å². The van der Waals surface area contributed by atoms with Gasteiger partial charge in [0, 0.05) is 82.2 Å². The molecule has 0 radical (unpaired) electrons.